The molecule has 3 aromatic carbocycles. The van der Waals surface area contributed by atoms with Gasteiger partial charge in [0.2, 0.25) is 0 Å². The van der Waals surface area contributed by atoms with Crippen LogP contribution in [0.25, 0.3) is 10.9 Å². The van der Waals surface area contributed by atoms with E-state index in [4.69, 9.17) is 4.74 Å². The van der Waals surface area contributed by atoms with Gasteiger partial charge in [0.1, 0.15) is 11.6 Å². The van der Waals surface area contributed by atoms with E-state index >= 15 is 0 Å². The predicted octanol–water partition coefficient (Wildman–Crippen LogP) is 5.11. The van der Waals surface area contributed by atoms with E-state index in [0.717, 1.165) is 34.2 Å². The Kier molecular flexibility index (Phi) is 5.73. The summed E-state index contributed by atoms with van der Waals surface area (Å²) >= 11 is 0. The van der Waals surface area contributed by atoms with Gasteiger partial charge in [0.25, 0.3) is 0 Å². The zero-order valence-electron chi connectivity index (χ0n) is 18.6. The first-order valence-corrected chi connectivity index (χ1v) is 11.1. The minimum atomic E-state index is -0.225. The Balaban J connectivity index is 1.37. The van der Waals surface area contributed by atoms with E-state index in [-0.39, 0.29) is 11.8 Å². The number of amides is 2. The summed E-state index contributed by atoms with van der Waals surface area (Å²) in [6, 6.07) is 22.6. The topological polar surface area (TPSA) is 46.5 Å². The Morgan fingerprint density at radius 2 is 1.85 bits per heavy atom. The van der Waals surface area contributed by atoms with Crippen LogP contribution in [-0.4, -0.2) is 29.2 Å². The molecule has 0 radical (unpaired) electrons. The van der Waals surface area contributed by atoms with Gasteiger partial charge in [0.15, 0.2) is 0 Å². The van der Waals surface area contributed by atoms with Crippen molar-refractivity contribution in [2.24, 2.45) is 0 Å². The van der Waals surface area contributed by atoms with Crippen LogP contribution in [0, 0.1) is 5.82 Å². The molecule has 5 rings (SSSR count). The number of rotatable bonds is 5. The number of carbonyl (C=O) groups excluding carboxylic acids is 1. The summed E-state index contributed by atoms with van der Waals surface area (Å²) in [5, 5.41) is 4.18. The molecule has 1 N–H and O–H groups in total. The number of nitrogens with zero attached hydrogens (tertiary/aromatic N) is 2. The fourth-order valence-electron chi connectivity index (χ4n) is 4.64. The summed E-state index contributed by atoms with van der Waals surface area (Å²) in [6.07, 6.45) is 0.756. The van der Waals surface area contributed by atoms with Crippen LogP contribution in [0.1, 0.15) is 22.4 Å². The van der Waals surface area contributed by atoms with Crippen molar-refractivity contribution in [3.63, 3.8) is 0 Å². The molecule has 2 amide bonds. The minimum Gasteiger partial charge on any atom is -0.497 e. The molecule has 6 heteroatoms. The lowest BCUT2D eigenvalue weighted by atomic mass is 10.0. The highest BCUT2D eigenvalue weighted by Gasteiger charge is 2.26. The molecule has 0 aliphatic carbocycles. The molecule has 4 aromatic rings. The molecule has 0 unspecified atom stereocenters. The second-order valence-corrected chi connectivity index (χ2v) is 8.34. The first-order valence-electron chi connectivity index (χ1n) is 11.1. The van der Waals surface area contributed by atoms with Gasteiger partial charge in [-0.15, -0.1) is 0 Å². The molecule has 168 valence electrons. The number of aromatic nitrogens is 1. The lowest BCUT2D eigenvalue weighted by Crippen LogP contribution is -2.42. The van der Waals surface area contributed by atoms with Crippen molar-refractivity contribution in [3.05, 3.63) is 101 Å². The maximum Gasteiger partial charge on any atom is 0.317 e. The fourth-order valence-corrected chi connectivity index (χ4v) is 4.64. The first kappa shape index (κ1) is 21.1. The maximum absolute atomic E-state index is 13.8. The number of ether oxygens (including phenoxy) is 1. The molecule has 2 heterocycles. The second-order valence-electron chi connectivity index (χ2n) is 8.34. The minimum absolute atomic E-state index is 0.0783. The van der Waals surface area contributed by atoms with E-state index in [9.17, 15) is 9.18 Å². The highest BCUT2D eigenvalue weighted by molar-refractivity contribution is 5.87. The van der Waals surface area contributed by atoms with Gasteiger partial charge in [-0.05, 0) is 41.5 Å². The molecule has 1 aromatic heterocycles. The average Bonchev–Trinajstić information content (AvgIpc) is 3.15. The highest BCUT2D eigenvalue weighted by atomic mass is 19.1. The van der Waals surface area contributed by atoms with Crippen LogP contribution in [0.3, 0.4) is 0 Å². The predicted molar refractivity (Wildman–Crippen MR) is 127 cm³/mol. The Morgan fingerprint density at radius 1 is 1.03 bits per heavy atom. The van der Waals surface area contributed by atoms with Crippen LogP contribution in [0.2, 0.25) is 0 Å². The number of fused-ring (bicyclic) bond motifs is 3. The molecular formula is C27H26FN3O2. The Bertz CT molecular complexity index is 1310. The first-order chi connectivity index (χ1) is 16.1. The van der Waals surface area contributed by atoms with Gasteiger partial charge in [-0.1, -0.05) is 42.5 Å². The van der Waals surface area contributed by atoms with E-state index in [0.29, 0.717) is 26.2 Å². The molecule has 1 aliphatic rings. The average molecular weight is 444 g/mol. The van der Waals surface area contributed by atoms with Crippen molar-refractivity contribution in [1.82, 2.24) is 14.8 Å². The number of hydrogen-bond donors (Lipinski definition) is 1. The third-order valence-corrected chi connectivity index (χ3v) is 6.26. The summed E-state index contributed by atoms with van der Waals surface area (Å²) in [6.45, 7) is 2.24. The van der Waals surface area contributed by atoms with E-state index in [1.165, 1.54) is 17.3 Å². The van der Waals surface area contributed by atoms with Crippen LogP contribution < -0.4 is 10.1 Å². The largest absolute Gasteiger partial charge is 0.497 e. The molecule has 0 fully saturated rings. The van der Waals surface area contributed by atoms with Crippen LogP contribution in [0.5, 0.6) is 5.75 Å². The molecule has 0 bridgehead atoms. The smallest absolute Gasteiger partial charge is 0.317 e. The van der Waals surface area contributed by atoms with Crippen molar-refractivity contribution < 1.29 is 13.9 Å². The molecular weight excluding hydrogens is 417 g/mol. The Morgan fingerprint density at radius 3 is 2.70 bits per heavy atom. The lowest BCUT2D eigenvalue weighted by Gasteiger charge is -2.28. The molecule has 5 nitrogen and oxygen atoms in total. The summed E-state index contributed by atoms with van der Waals surface area (Å²) < 4.78 is 21.3. The third-order valence-electron chi connectivity index (χ3n) is 6.26. The second kappa shape index (κ2) is 8.98. The number of carbonyl (C=O) groups is 1. The van der Waals surface area contributed by atoms with Crippen LogP contribution >= 0.6 is 0 Å². The van der Waals surface area contributed by atoms with E-state index < -0.39 is 0 Å². The molecule has 0 saturated carbocycles. The quantitative estimate of drug-likeness (QED) is 0.466. The van der Waals surface area contributed by atoms with Crippen molar-refractivity contribution in [2.45, 2.75) is 26.1 Å². The Labute approximate surface area is 192 Å². The van der Waals surface area contributed by atoms with Crippen LogP contribution in [0.15, 0.2) is 72.8 Å². The van der Waals surface area contributed by atoms with E-state index in [1.54, 1.807) is 19.2 Å². The lowest BCUT2D eigenvalue weighted by molar-refractivity contribution is 0.191. The number of para-hydroxylation sites is 1. The monoisotopic (exact) mass is 443 g/mol. The summed E-state index contributed by atoms with van der Waals surface area (Å²) in [4.78, 5) is 14.8. The van der Waals surface area contributed by atoms with Crippen molar-refractivity contribution in [2.75, 3.05) is 13.7 Å². The van der Waals surface area contributed by atoms with Gasteiger partial charge in [-0.3, -0.25) is 0 Å². The summed E-state index contributed by atoms with van der Waals surface area (Å²) in [5.41, 5.74) is 5.43. The zero-order valence-corrected chi connectivity index (χ0v) is 18.6. The number of nitrogens with one attached hydrogen (secondary N) is 1. The fraction of sp³-hybridized carbons (Fsp3) is 0.222. The zero-order chi connectivity index (χ0) is 22.8. The SMILES string of the molecule is COc1cccc(CNC(=O)N2CCc3c(c4ccccc4n3Cc3cccc(F)c3)C2)c1. The van der Waals surface area contributed by atoms with E-state index in [1.807, 2.05) is 47.4 Å². The number of benzene rings is 3. The highest BCUT2D eigenvalue weighted by Crippen LogP contribution is 2.31. The third kappa shape index (κ3) is 4.29. The van der Waals surface area contributed by atoms with Crippen molar-refractivity contribution in [1.29, 1.82) is 0 Å². The molecule has 0 saturated heterocycles. The van der Waals surface area contributed by atoms with Crippen LogP contribution in [0.4, 0.5) is 9.18 Å². The molecule has 33 heavy (non-hydrogen) atoms. The normalized spacial score (nSPS) is 13.1. The van der Waals surface area contributed by atoms with Gasteiger partial charge in [-0.2, -0.15) is 0 Å². The summed E-state index contributed by atoms with van der Waals surface area (Å²) in [5.74, 6) is 0.548. The van der Waals surface area contributed by atoms with E-state index in [2.05, 4.69) is 22.0 Å². The molecule has 0 spiro atoms. The van der Waals surface area contributed by atoms with Crippen LogP contribution in [-0.2, 0) is 26.1 Å². The number of methoxy groups -OCH3 is 1. The molecule has 1 aliphatic heterocycles. The van der Waals surface area contributed by atoms with Crippen molar-refractivity contribution >= 4 is 16.9 Å². The maximum atomic E-state index is 13.8. The van der Waals surface area contributed by atoms with Gasteiger partial charge in [0, 0.05) is 54.8 Å². The molecule has 0 atom stereocenters. The van der Waals surface area contributed by atoms with Crippen molar-refractivity contribution in [3.8, 4) is 5.75 Å². The summed E-state index contributed by atoms with van der Waals surface area (Å²) in [7, 11) is 1.63. The number of urea groups is 1. The van der Waals surface area contributed by atoms with Gasteiger partial charge >= 0.3 is 6.03 Å². The number of halogens is 1. The standard InChI is InChI=1S/C27H26FN3O2/c1-33-22-9-5-6-19(15-22)16-29-27(32)30-13-12-26-24(18-30)23-10-2-3-11-25(23)31(26)17-20-7-4-8-21(28)14-20/h2-11,14-15H,12-13,16-18H2,1H3,(H,29,32). The van der Waals surface area contributed by atoms with Gasteiger partial charge in [-0.25, -0.2) is 9.18 Å². The van der Waals surface area contributed by atoms with Gasteiger partial charge < -0.3 is 19.5 Å². The Hall–Kier alpha value is -3.80. The number of hydrogen-bond acceptors (Lipinski definition) is 2. The van der Waals surface area contributed by atoms with Gasteiger partial charge in [0.05, 0.1) is 7.11 Å².